The first-order valence-corrected chi connectivity index (χ1v) is 8.81. The van der Waals surface area contributed by atoms with Crippen molar-refractivity contribution in [3.63, 3.8) is 0 Å². The average Bonchev–Trinajstić information content (AvgIpc) is 3.18. The number of amides is 1. The molecule has 6 heteroatoms. The molecule has 0 saturated heterocycles. The molecule has 1 aromatic carbocycles. The minimum Gasteiger partial charge on any atom is -0.464 e. The standard InChI is InChI=1S/C19H22N4O2/c1-3-17-21-22-18-7-5-14(10-23(17)18)20-19(24)9-13-11-25-16-8-12(2)4-6-15(13)16/h4,6,8,11,14H,3,5,7,9-10H2,1-2H3,(H,20,24)/t14-/m1/s1. The smallest absolute Gasteiger partial charge is 0.224 e. The lowest BCUT2D eigenvalue weighted by atomic mass is 10.1. The van der Waals surface area contributed by atoms with E-state index in [2.05, 4.69) is 27.0 Å². The van der Waals surface area contributed by atoms with Crippen LogP contribution in [0.25, 0.3) is 11.0 Å². The van der Waals surface area contributed by atoms with E-state index in [1.807, 2.05) is 25.1 Å². The zero-order valence-corrected chi connectivity index (χ0v) is 14.6. The van der Waals surface area contributed by atoms with E-state index in [9.17, 15) is 4.79 Å². The van der Waals surface area contributed by atoms with E-state index < -0.39 is 0 Å². The molecule has 0 fully saturated rings. The number of carbonyl (C=O) groups excluding carboxylic acids is 1. The molecule has 0 bridgehead atoms. The van der Waals surface area contributed by atoms with E-state index in [0.29, 0.717) is 6.42 Å². The molecule has 6 nitrogen and oxygen atoms in total. The van der Waals surface area contributed by atoms with Crippen molar-refractivity contribution >= 4 is 16.9 Å². The fourth-order valence-electron chi connectivity index (χ4n) is 3.54. The van der Waals surface area contributed by atoms with Gasteiger partial charge in [0.15, 0.2) is 0 Å². The average molecular weight is 338 g/mol. The summed E-state index contributed by atoms with van der Waals surface area (Å²) in [7, 11) is 0. The van der Waals surface area contributed by atoms with Crippen molar-refractivity contribution in [2.24, 2.45) is 0 Å². The van der Waals surface area contributed by atoms with Crippen LogP contribution in [0.2, 0.25) is 0 Å². The molecular formula is C19H22N4O2. The van der Waals surface area contributed by atoms with Gasteiger partial charge in [-0.05, 0) is 25.0 Å². The molecule has 1 N–H and O–H groups in total. The maximum atomic E-state index is 12.5. The minimum atomic E-state index is 0.0304. The van der Waals surface area contributed by atoms with Gasteiger partial charge >= 0.3 is 0 Å². The topological polar surface area (TPSA) is 73.0 Å². The number of hydrogen-bond donors (Lipinski definition) is 1. The lowest BCUT2D eigenvalue weighted by Crippen LogP contribution is -2.42. The van der Waals surface area contributed by atoms with Gasteiger partial charge in [0.1, 0.15) is 17.2 Å². The van der Waals surface area contributed by atoms with Crippen molar-refractivity contribution in [2.45, 2.75) is 52.1 Å². The molecule has 3 heterocycles. The molecule has 130 valence electrons. The third-order valence-electron chi connectivity index (χ3n) is 4.87. The normalized spacial score (nSPS) is 16.8. The molecule has 4 rings (SSSR count). The second-order valence-corrected chi connectivity index (χ2v) is 6.74. The highest BCUT2D eigenvalue weighted by Gasteiger charge is 2.23. The monoisotopic (exact) mass is 338 g/mol. The van der Waals surface area contributed by atoms with Gasteiger partial charge in [0.2, 0.25) is 5.91 Å². The minimum absolute atomic E-state index is 0.0304. The van der Waals surface area contributed by atoms with Gasteiger partial charge < -0.3 is 14.3 Å². The molecule has 1 aliphatic rings. The molecule has 0 saturated carbocycles. The molecule has 25 heavy (non-hydrogen) atoms. The largest absolute Gasteiger partial charge is 0.464 e. The van der Waals surface area contributed by atoms with Crippen LogP contribution in [0.5, 0.6) is 0 Å². The van der Waals surface area contributed by atoms with E-state index in [-0.39, 0.29) is 11.9 Å². The number of nitrogens with one attached hydrogen (secondary N) is 1. The summed E-state index contributed by atoms with van der Waals surface area (Å²) < 4.78 is 7.73. The summed E-state index contributed by atoms with van der Waals surface area (Å²) in [6.45, 7) is 4.86. The number of aromatic nitrogens is 3. The highest BCUT2D eigenvalue weighted by atomic mass is 16.3. The molecule has 2 aromatic heterocycles. The van der Waals surface area contributed by atoms with E-state index >= 15 is 0 Å². The molecule has 1 amide bonds. The fraction of sp³-hybridized carbons (Fsp3) is 0.421. The first-order valence-electron chi connectivity index (χ1n) is 8.81. The molecule has 3 aromatic rings. The Balaban J connectivity index is 1.44. The van der Waals surface area contributed by atoms with Crippen molar-refractivity contribution in [2.75, 3.05) is 0 Å². The second kappa shape index (κ2) is 6.35. The Morgan fingerprint density at radius 3 is 3.12 bits per heavy atom. The van der Waals surface area contributed by atoms with E-state index in [4.69, 9.17) is 4.42 Å². The van der Waals surface area contributed by atoms with E-state index in [1.54, 1.807) is 6.26 Å². The maximum Gasteiger partial charge on any atom is 0.224 e. The SMILES string of the molecule is CCc1nnc2n1C[C@H](NC(=O)Cc1coc3cc(C)ccc13)CC2. The van der Waals surface area contributed by atoms with Crippen LogP contribution in [-0.2, 0) is 30.6 Å². The summed E-state index contributed by atoms with van der Waals surface area (Å²) in [6, 6.07) is 6.19. The summed E-state index contributed by atoms with van der Waals surface area (Å²) in [5.41, 5.74) is 2.92. The zero-order valence-electron chi connectivity index (χ0n) is 14.6. The number of nitrogens with zero attached hydrogens (tertiary/aromatic N) is 3. The number of hydrogen-bond acceptors (Lipinski definition) is 4. The van der Waals surface area contributed by atoms with Gasteiger partial charge in [0.25, 0.3) is 0 Å². The fourth-order valence-corrected chi connectivity index (χ4v) is 3.54. The van der Waals surface area contributed by atoms with Crippen LogP contribution in [0.15, 0.2) is 28.9 Å². The van der Waals surface area contributed by atoms with Crippen molar-refractivity contribution < 1.29 is 9.21 Å². The van der Waals surface area contributed by atoms with E-state index in [1.165, 1.54) is 0 Å². The highest BCUT2D eigenvalue weighted by Crippen LogP contribution is 2.23. The second-order valence-electron chi connectivity index (χ2n) is 6.74. The van der Waals surface area contributed by atoms with Crippen molar-refractivity contribution in [3.05, 3.63) is 47.2 Å². The predicted molar refractivity (Wildman–Crippen MR) is 94.3 cm³/mol. The molecule has 0 aliphatic carbocycles. The Bertz CT molecular complexity index is 911. The maximum absolute atomic E-state index is 12.5. The van der Waals surface area contributed by atoms with Crippen LogP contribution in [0.4, 0.5) is 0 Å². The van der Waals surface area contributed by atoms with Crippen LogP contribution in [0.1, 0.15) is 36.1 Å². The van der Waals surface area contributed by atoms with E-state index in [0.717, 1.165) is 59.6 Å². The summed E-state index contributed by atoms with van der Waals surface area (Å²) in [5.74, 6) is 2.05. The molecule has 1 atom stereocenters. The molecule has 0 unspecified atom stereocenters. The first-order chi connectivity index (χ1) is 12.1. The van der Waals surface area contributed by atoms with Gasteiger partial charge in [-0.25, -0.2) is 0 Å². The predicted octanol–water partition coefficient (Wildman–Crippen LogP) is 2.57. The number of aryl methyl sites for hydroxylation is 3. The summed E-state index contributed by atoms with van der Waals surface area (Å²) in [4.78, 5) is 12.5. The Morgan fingerprint density at radius 1 is 1.40 bits per heavy atom. The van der Waals surface area contributed by atoms with Gasteiger partial charge in [-0.2, -0.15) is 0 Å². The molecule has 0 spiro atoms. The third-order valence-corrected chi connectivity index (χ3v) is 4.87. The summed E-state index contributed by atoms with van der Waals surface area (Å²) in [6.07, 6.45) is 4.64. The lowest BCUT2D eigenvalue weighted by Gasteiger charge is -2.25. The van der Waals surface area contributed by atoms with Crippen molar-refractivity contribution in [3.8, 4) is 0 Å². The quantitative estimate of drug-likeness (QED) is 0.793. The van der Waals surface area contributed by atoms with Gasteiger partial charge in [0, 0.05) is 36.4 Å². The Labute approximate surface area is 146 Å². The van der Waals surface area contributed by atoms with Crippen molar-refractivity contribution in [1.29, 1.82) is 0 Å². The van der Waals surface area contributed by atoms with Gasteiger partial charge in [-0.1, -0.05) is 19.1 Å². The number of furan rings is 1. The van der Waals surface area contributed by atoms with Gasteiger partial charge in [0.05, 0.1) is 12.7 Å². The van der Waals surface area contributed by atoms with Crippen LogP contribution >= 0.6 is 0 Å². The van der Waals surface area contributed by atoms with Gasteiger partial charge in [-0.3, -0.25) is 4.79 Å². The van der Waals surface area contributed by atoms with Crippen molar-refractivity contribution in [1.82, 2.24) is 20.1 Å². The van der Waals surface area contributed by atoms with Crippen LogP contribution in [0, 0.1) is 6.92 Å². The molecule has 0 radical (unpaired) electrons. The number of fused-ring (bicyclic) bond motifs is 2. The third kappa shape index (κ3) is 3.04. The molecule has 1 aliphatic heterocycles. The van der Waals surface area contributed by atoms with Crippen LogP contribution in [-0.4, -0.2) is 26.7 Å². The number of carbonyl (C=O) groups is 1. The summed E-state index contributed by atoms with van der Waals surface area (Å²) in [5, 5.41) is 12.6. The van der Waals surface area contributed by atoms with Crippen LogP contribution < -0.4 is 5.32 Å². The first kappa shape index (κ1) is 15.9. The Hall–Kier alpha value is -2.63. The Morgan fingerprint density at radius 2 is 2.28 bits per heavy atom. The zero-order chi connectivity index (χ0) is 17.4. The lowest BCUT2D eigenvalue weighted by molar-refractivity contribution is -0.121. The summed E-state index contributed by atoms with van der Waals surface area (Å²) >= 11 is 0. The Kier molecular flexibility index (Phi) is 4.03. The van der Waals surface area contributed by atoms with Crippen LogP contribution in [0.3, 0.4) is 0 Å². The highest BCUT2D eigenvalue weighted by molar-refractivity contribution is 5.88. The number of benzene rings is 1. The molecular weight excluding hydrogens is 316 g/mol. The van der Waals surface area contributed by atoms with Gasteiger partial charge in [-0.15, -0.1) is 10.2 Å². The number of rotatable bonds is 4.